The van der Waals surface area contributed by atoms with Gasteiger partial charge >= 0.3 is 6.03 Å². The molecule has 208 valence electrons. The summed E-state index contributed by atoms with van der Waals surface area (Å²) in [6, 6.07) is 9.62. The van der Waals surface area contributed by atoms with Gasteiger partial charge in [-0.3, -0.25) is 9.69 Å². The van der Waals surface area contributed by atoms with Gasteiger partial charge in [0.15, 0.2) is 11.5 Å². The number of carbonyl (C=O) groups is 2. The highest BCUT2D eigenvalue weighted by molar-refractivity contribution is 5.93. The van der Waals surface area contributed by atoms with E-state index in [-0.39, 0.29) is 18.5 Å². The summed E-state index contributed by atoms with van der Waals surface area (Å²) in [5, 5.41) is 0.954. The van der Waals surface area contributed by atoms with E-state index in [1.165, 1.54) is 25.7 Å². The Balaban J connectivity index is 1.27. The molecule has 3 amide bonds. The maximum atomic E-state index is 13.6. The van der Waals surface area contributed by atoms with E-state index in [2.05, 4.69) is 4.98 Å². The van der Waals surface area contributed by atoms with Gasteiger partial charge in [-0.1, -0.05) is 19.3 Å². The Morgan fingerprint density at radius 2 is 1.95 bits per heavy atom. The van der Waals surface area contributed by atoms with Gasteiger partial charge in [0.05, 0.1) is 13.7 Å². The van der Waals surface area contributed by atoms with Crippen LogP contribution in [0.25, 0.3) is 11.0 Å². The molecule has 1 saturated carbocycles. The van der Waals surface area contributed by atoms with Gasteiger partial charge < -0.3 is 23.8 Å². The molecule has 2 aromatic heterocycles. The Bertz CT molecular complexity index is 1320. The molecule has 0 atom stereocenters. The lowest BCUT2D eigenvalue weighted by atomic mass is 10.1. The number of anilines is 1. The van der Waals surface area contributed by atoms with Crippen molar-refractivity contribution in [3.05, 3.63) is 48.3 Å². The van der Waals surface area contributed by atoms with E-state index < -0.39 is 0 Å². The number of pyridine rings is 1. The summed E-state index contributed by atoms with van der Waals surface area (Å²) in [6.45, 7) is 2.67. The summed E-state index contributed by atoms with van der Waals surface area (Å²) in [7, 11) is 5.13. The van der Waals surface area contributed by atoms with Gasteiger partial charge in [0.2, 0.25) is 5.91 Å². The number of hydrogen-bond donors (Lipinski definition) is 0. The van der Waals surface area contributed by atoms with Crippen molar-refractivity contribution in [2.75, 3.05) is 45.8 Å². The predicted molar refractivity (Wildman–Crippen MR) is 151 cm³/mol. The van der Waals surface area contributed by atoms with Gasteiger partial charge in [0.25, 0.3) is 0 Å². The number of aromatic nitrogens is 2. The predicted octanol–water partition coefficient (Wildman–Crippen LogP) is 4.92. The van der Waals surface area contributed by atoms with Gasteiger partial charge in [0, 0.05) is 63.3 Å². The van der Waals surface area contributed by atoms with Crippen molar-refractivity contribution in [1.29, 1.82) is 0 Å². The summed E-state index contributed by atoms with van der Waals surface area (Å²) < 4.78 is 13.5. The zero-order valence-electron chi connectivity index (χ0n) is 23.3. The SMILES string of the molecule is COc1ccc(N2CCCN(Cc3ccnc4c3ccn4CC(=O)N(C)C)C2=O)cc1OCCCCC1CC1. The largest absolute Gasteiger partial charge is 0.493 e. The number of methoxy groups -OCH3 is 1. The second kappa shape index (κ2) is 12.0. The maximum Gasteiger partial charge on any atom is 0.324 e. The van der Waals surface area contributed by atoms with Gasteiger partial charge in [-0.05, 0) is 55.0 Å². The molecule has 2 fully saturated rings. The quantitative estimate of drug-likeness (QED) is 0.309. The summed E-state index contributed by atoms with van der Waals surface area (Å²) >= 11 is 0. The second-order valence-corrected chi connectivity index (χ2v) is 10.8. The lowest BCUT2D eigenvalue weighted by molar-refractivity contribution is -0.129. The molecular formula is C30H39N5O4. The van der Waals surface area contributed by atoms with Crippen LogP contribution in [0.5, 0.6) is 11.5 Å². The van der Waals surface area contributed by atoms with Crippen LogP contribution in [0.4, 0.5) is 10.5 Å². The first kappa shape index (κ1) is 26.8. The number of fused-ring (bicyclic) bond motifs is 1. The van der Waals surface area contributed by atoms with E-state index in [9.17, 15) is 9.59 Å². The fourth-order valence-electron chi connectivity index (χ4n) is 5.14. The molecule has 1 aromatic carbocycles. The van der Waals surface area contributed by atoms with E-state index in [0.29, 0.717) is 37.7 Å². The van der Waals surface area contributed by atoms with Crippen LogP contribution in [0.3, 0.4) is 0 Å². The van der Waals surface area contributed by atoms with Crippen LogP contribution in [-0.4, -0.2) is 72.2 Å². The highest BCUT2D eigenvalue weighted by Gasteiger charge is 2.28. The third-order valence-electron chi connectivity index (χ3n) is 7.65. The third-order valence-corrected chi connectivity index (χ3v) is 7.65. The number of rotatable bonds is 12. The normalized spacial score (nSPS) is 15.6. The average molecular weight is 534 g/mol. The van der Waals surface area contributed by atoms with Crippen molar-refractivity contribution in [3.63, 3.8) is 0 Å². The van der Waals surface area contributed by atoms with Crippen LogP contribution in [0.2, 0.25) is 0 Å². The highest BCUT2D eigenvalue weighted by atomic mass is 16.5. The molecule has 5 rings (SSSR count). The van der Waals surface area contributed by atoms with Crippen LogP contribution >= 0.6 is 0 Å². The summed E-state index contributed by atoms with van der Waals surface area (Å²) in [5.74, 6) is 2.29. The third kappa shape index (κ3) is 6.29. The number of likely N-dealkylation sites (N-methyl/N-ethyl adjacent to an activating group) is 1. The molecule has 0 spiro atoms. The Morgan fingerprint density at radius 1 is 1.10 bits per heavy atom. The van der Waals surface area contributed by atoms with E-state index in [1.807, 2.05) is 50.9 Å². The monoisotopic (exact) mass is 533 g/mol. The molecule has 0 radical (unpaired) electrons. The number of urea groups is 1. The molecule has 0 unspecified atom stereocenters. The van der Waals surface area contributed by atoms with Crippen molar-refractivity contribution in [2.24, 2.45) is 5.92 Å². The smallest absolute Gasteiger partial charge is 0.324 e. The zero-order chi connectivity index (χ0) is 27.4. The molecule has 9 nitrogen and oxygen atoms in total. The van der Waals surface area contributed by atoms with E-state index in [0.717, 1.165) is 41.0 Å². The number of unbranched alkanes of at least 4 members (excludes halogenated alkanes) is 1. The van der Waals surface area contributed by atoms with Crippen molar-refractivity contribution >= 4 is 28.7 Å². The molecule has 2 aliphatic rings. The Kier molecular flexibility index (Phi) is 8.24. The number of carbonyl (C=O) groups excluding carboxylic acids is 2. The van der Waals surface area contributed by atoms with Gasteiger partial charge in [0.1, 0.15) is 12.2 Å². The fourth-order valence-corrected chi connectivity index (χ4v) is 5.14. The number of ether oxygens (including phenoxy) is 2. The Hall–Kier alpha value is -3.75. The minimum Gasteiger partial charge on any atom is -0.493 e. The van der Waals surface area contributed by atoms with Crippen molar-refractivity contribution < 1.29 is 19.1 Å². The summed E-state index contributed by atoms with van der Waals surface area (Å²) in [5.41, 5.74) is 2.57. The molecule has 1 aliphatic heterocycles. The molecule has 0 N–H and O–H groups in total. The van der Waals surface area contributed by atoms with Crippen molar-refractivity contribution in [2.45, 2.75) is 51.6 Å². The maximum absolute atomic E-state index is 13.6. The zero-order valence-corrected chi connectivity index (χ0v) is 23.3. The number of amides is 3. The number of hydrogen-bond acceptors (Lipinski definition) is 5. The van der Waals surface area contributed by atoms with Crippen molar-refractivity contribution in [1.82, 2.24) is 19.4 Å². The first-order valence-corrected chi connectivity index (χ1v) is 13.9. The summed E-state index contributed by atoms with van der Waals surface area (Å²) in [4.78, 5) is 35.7. The molecule has 1 aliphatic carbocycles. The minimum atomic E-state index is -0.0334. The van der Waals surface area contributed by atoms with Crippen LogP contribution in [-0.2, 0) is 17.9 Å². The average Bonchev–Trinajstić information content (AvgIpc) is 3.68. The molecule has 1 saturated heterocycles. The van der Waals surface area contributed by atoms with Gasteiger partial charge in [-0.2, -0.15) is 0 Å². The fraction of sp³-hybridized carbons (Fsp3) is 0.500. The van der Waals surface area contributed by atoms with E-state index in [1.54, 1.807) is 32.3 Å². The highest BCUT2D eigenvalue weighted by Crippen LogP contribution is 2.35. The first-order valence-electron chi connectivity index (χ1n) is 13.9. The van der Waals surface area contributed by atoms with Crippen LogP contribution in [0.15, 0.2) is 42.7 Å². The number of nitrogens with zero attached hydrogens (tertiary/aromatic N) is 5. The van der Waals surface area contributed by atoms with E-state index in [4.69, 9.17) is 9.47 Å². The Morgan fingerprint density at radius 3 is 2.72 bits per heavy atom. The van der Waals surface area contributed by atoms with Gasteiger partial charge in [-0.25, -0.2) is 9.78 Å². The van der Waals surface area contributed by atoms with Crippen LogP contribution in [0.1, 0.15) is 44.1 Å². The van der Waals surface area contributed by atoms with Crippen LogP contribution < -0.4 is 14.4 Å². The standard InChI is InChI=1S/C30H39N5O4/c1-32(2)28(36)21-33-17-13-25-23(12-14-31-29(25)33)20-34-15-6-16-35(30(34)37)24-10-11-26(38-3)27(19-24)39-18-5-4-7-22-8-9-22/h10-14,17,19,22H,4-9,15-16,18,20-21H2,1-3H3. The molecule has 39 heavy (non-hydrogen) atoms. The van der Waals surface area contributed by atoms with Gasteiger partial charge in [-0.15, -0.1) is 0 Å². The second-order valence-electron chi connectivity index (χ2n) is 10.8. The molecular weight excluding hydrogens is 494 g/mol. The number of benzene rings is 1. The molecule has 0 bridgehead atoms. The van der Waals surface area contributed by atoms with Crippen LogP contribution in [0, 0.1) is 5.92 Å². The van der Waals surface area contributed by atoms with Crippen molar-refractivity contribution in [3.8, 4) is 11.5 Å². The molecule has 3 aromatic rings. The Labute approximate surface area is 230 Å². The minimum absolute atomic E-state index is 0.00246. The lowest BCUT2D eigenvalue weighted by Crippen LogP contribution is -2.49. The lowest BCUT2D eigenvalue weighted by Gasteiger charge is -2.36. The topological polar surface area (TPSA) is 80.1 Å². The van der Waals surface area contributed by atoms with E-state index >= 15 is 0 Å². The molecule has 9 heteroatoms. The molecule has 3 heterocycles. The first-order chi connectivity index (χ1) is 18.9. The summed E-state index contributed by atoms with van der Waals surface area (Å²) in [6.07, 6.45) is 10.8.